The van der Waals surface area contributed by atoms with E-state index >= 15 is 0 Å². The third-order valence-electron chi connectivity index (χ3n) is 6.91. The number of carbonyl (C=O) groups is 3. The molecule has 38 heavy (non-hydrogen) atoms. The van der Waals surface area contributed by atoms with Gasteiger partial charge in [-0.1, -0.05) is 31.2 Å². The van der Waals surface area contributed by atoms with Gasteiger partial charge in [0.05, 0.1) is 5.69 Å². The van der Waals surface area contributed by atoms with E-state index in [1.54, 1.807) is 12.3 Å². The van der Waals surface area contributed by atoms with Crippen LogP contribution in [0.4, 0.5) is 11.4 Å². The molecule has 4 rings (SSSR count). The number of aromatic amines is 1. The maximum Gasteiger partial charge on any atom is 0.273 e. The van der Waals surface area contributed by atoms with E-state index in [2.05, 4.69) is 14.7 Å². The van der Waals surface area contributed by atoms with Gasteiger partial charge in [-0.3, -0.25) is 19.3 Å². The first kappa shape index (κ1) is 26.9. The zero-order valence-electron chi connectivity index (χ0n) is 22.1. The number of aryl methyl sites for hydroxylation is 2. The SMILES string of the molecule is CCC(C)(C)NC(=O)C(c1c[nH]c2ccccc12)N(C(=O)c1snc(C(N)=O)c1N)c1ccc(C)c(C)c1. The Morgan fingerprint density at radius 1 is 1.13 bits per heavy atom. The van der Waals surface area contributed by atoms with Crippen molar-refractivity contribution in [2.75, 3.05) is 10.6 Å². The molecule has 1 atom stereocenters. The molecule has 0 aliphatic heterocycles. The number of amides is 3. The van der Waals surface area contributed by atoms with Gasteiger partial charge in [0, 0.05) is 33.9 Å². The minimum Gasteiger partial charge on any atom is -0.395 e. The van der Waals surface area contributed by atoms with Gasteiger partial charge in [-0.2, -0.15) is 4.37 Å². The lowest BCUT2D eigenvalue weighted by atomic mass is 9.97. The van der Waals surface area contributed by atoms with Crippen LogP contribution in [-0.2, 0) is 4.79 Å². The number of hydrogen-bond donors (Lipinski definition) is 4. The zero-order chi connectivity index (χ0) is 27.8. The summed E-state index contributed by atoms with van der Waals surface area (Å²) in [7, 11) is 0. The number of carbonyl (C=O) groups excluding carboxylic acids is 3. The van der Waals surface area contributed by atoms with Crippen LogP contribution in [0, 0.1) is 13.8 Å². The molecule has 1 unspecified atom stereocenters. The van der Waals surface area contributed by atoms with Crippen molar-refractivity contribution >= 4 is 51.5 Å². The Morgan fingerprint density at radius 3 is 2.47 bits per heavy atom. The van der Waals surface area contributed by atoms with Crippen molar-refractivity contribution in [3.63, 3.8) is 0 Å². The van der Waals surface area contributed by atoms with Crippen LogP contribution in [0.15, 0.2) is 48.7 Å². The molecule has 6 N–H and O–H groups in total. The molecule has 0 aliphatic carbocycles. The summed E-state index contributed by atoms with van der Waals surface area (Å²) in [5.74, 6) is -1.74. The van der Waals surface area contributed by atoms with Crippen LogP contribution in [0.2, 0.25) is 0 Å². The van der Waals surface area contributed by atoms with Gasteiger partial charge in [0.15, 0.2) is 5.69 Å². The number of nitrogens with two attached hydrogens (primary N) is 2. The number of fused-ring (bicyclic) bond motifs is 1. The second-order valence-corrected chi connectivity index (χ2v) is 10.8. The molecule has 9 nitrogen and oxygen atoms in total. The molecule has 0 saturated carbocycles. The van der Waals surface area contributed by atoms with Gasteiger partial charge >= 0.3 is 0 Å². The Bertz CT molecular complexity index is 1540. The molecule has 0 aliphatic rings. The minimum absolute atomic E-state index is 0.0319. The van der Waals surface area contributed by atoms with E-state index in [1.807, 2.05) is 71.0 Å². The summed E-state index contributed by atoms with van der Waals surface area (Å²) in [6, 6.07) is 12.1. The second-order valence-electron chi connectivity index (χ2n) is 10.0. The molecule has 0 radical (unpaired) electrons. The Hall–Kier alpha value is -4.18. The summed E-state index contributed by atoms with van der Waals surface area (Å²) in [6.07, 6.45) is 2.43. The number of rotatable bonds is 8. The number of nitrogens with zero attached hydrogens (tertiary/aromatic N) is 2. The highest BCUT2D eigenvalue weighted by molar-refractivity contribution is 7.09. The fourth-order valence-electron chi connectivity index (χ4n) is 4.21. The number of hydrogen-bond acceptors (Lipinski definition) is 6. The topological polar surface area (TPSA) is 147 Å². The van der Waals surface area contributed by atoms with Gasteiger partial charge in [0.1, 0.15) is 10.9 Å². The van der Waals surface area contributed by atoms with Crippen molar-refractivity contribution in [3.8, 4) is 0 Å². The summed E-state index contributed by atoms with van der Waals surface area (Å²) in [4.78, 5) is 44.9. The molecule has 2 heterocycles. The van der Waals surface area contributed by atoms with Crippen molar-refractivity contribution in [2.24, 2.45) is 5.73 Å². The number of nitrogens with one attached hydrogen (secondary N) is 2. The molecule has 4 aromatic rings. The van der Waals surface area contributed by atoms with E-state index < -0.39 is 23.4 Å². The lowest BCUT2D eigenvalue weighted by Crippen LogP contribution is -2.50. The summed E-state index contributed by atoms with van der Waals surface area (Å²) in [6.45, 7) is 9.75. The van der Waals surface area contributed by atoms with Gasteiger partial charge in [0.2, 0.25) is 5.91 Å². The molecular formula is C28H32N6O3S. The van der Waals surface area contributed by atoms with Crippen LogP contribution >= 0.6 is 11.5 Å². The molecule has 2 aromatic heterocycles. The van der Waals surface area contributed by atoms with Crippen molar-refractivity contribution < 1.29 is 14.4 Å². The average Bonchev–Trinajstić information content (AvgIpc) is 3.47. The maximum atomic E-state index is 14.3. The quantitative estimate of drug-likeness (QED) is 0.261. The predicted octanol–water partition coefficient (Wildman–Crippen LogP) is 4.62. The molecule has 0 fully saturated rings. The van der Waals surface area contributed by atoms with E-state index in [0.29, 0.717) is 17.7 Å². The standard InChI is InChI=1S/C28H32N6O3S/c1-6-28(4,5)32-26(36)23(19-14-31-20-10-8-7-9-18(19)20)34(17-12-11-15(2)16(3)13-17)27(37)24-21(29)22(25(30)35)33-38-24/h7-14,23,31H,6,29H2,1-5H3,(H2,30,35)(H,32,36). The summed E-state index contributed by atoms with van der Waals surface area (Å²) < 4.78 is 4.02. The number of nitrogen functional groups attached to an aromatic ring is 1. The first-order valence-corrected chi connectivity index (χ1v) is 13.1. The smallest absolute Gasteiger partial charge is 0.273 e. The monoisotopic (exact) mass is 532 g/mol. The second kappa shape index (κ2) is 10.3. The molecule has 0 bridgehead atoms. The van der Waals surface area contributed by atoms with E-state index in [0.717, 1.165) is 33.6 Å². The number of benzene rings is 2. The predicted molar refractivity (Wildman–Crippen MR) is 151 cm³/mol. The molecule has 2 aromatic carbocycles. The third kappa shape index (κ3) is 4.99. The van der Waals surface area contributed by atoms with Crippen LogP contribution in [0.3, 0.4) is 0 Å². The van der Waals surface area contributed by atoms with Crippen LogP contribution < -0.4 is 21.7 Å². The van der Waals surface area contributed by atoms with E-state index in [-0.39, 0.29) is 22.2 Å². The highest BCUT2D eigenvalue weighted by Gasteiger charge is 2.38. The Kier molecular flexibility index (Phi) is 7.28. The first-order valence-electron chi connectivity index (χ1n) is 12.3. The molecule has 3 amide bonds. The third-order valence-corrected chi connectivity index (χ3v) is 7.76. The molecule has 0 spiro atoms. The number of anilines is 2. The number of primary amides is 1. The van der Waals surface area contributed by atoms with Gasteiger partial charge in [-0.15, -0.1) is 0 Å². The molecule has 198 valence electrons. The van der Waals surface area contributed by atoms with Gasteiger partial charge in [-0.05, 0) is 75.0 Å². The van der Waals surface area contributed by atoms with Crippen molar-refractivity contribution in [2.45, 2.75) is 52.6 Å². The lowest BCUT2D eigenvalue weighted by Gasteiger charge is -2.34. The fraction of sp³-hybridized carbons (Fsp3) is 0.286. The lowest BCUT2D eigenvalue weighted by molar-refractivity contribution is -0.124. The van der Waals surface area contributed by atoms with Gasteiger partial charge in [-0.25, -0.2) is 0 Å². The van der Waals surface area contributed by atoms with Crippen molar-refractivity contribution in [3.05, 3.63) is 75.9 Å². The molecule has 0 saturated heterocycles. The van der Waals surface area contributed by atoms with E-state index in [1.165, 1.54) is 4.90 Å². The molecule has 10 heteroatoms. The highest BCUT2D eigenvalue weighted by atomic mass is 32.1. The van der Waals surface area contributed by atoms with Crippen LogP contribution in [0.5, 0.6) is 0 Å². The average molecular weight is 533 g/mol. The maximum absolute atomic E-state index is 14.3. The van der Waals surface area contributed by atoms with Crippen molar-refractivity contribution in [1.82, 2.24) is 14.7 Å². The number of para-hydroxylation sites is 1. The first-order chi connectivity index (χ1) is 17.9. The van der Waals surface area contributed by atoms with E-state index in [4.69, 9.17) is 11.5 Å². The zero-order valence-corrected chi connectivity index (χ0v) is 22.9. The number of aromatic nitrogens is 2. The van der Waals surface area contributed by atoms with Crippen LogP contribution in [-0.4, -0.2) is 32.6 Å². The summed E-state index contributed by atoms with van der Waals surface area (Å²) in [5.41, 5.74) is 14.7. The Balaban J connectivity index is 1.98. The summed E-state index contributed by atoms with van der Waals surface area (Å²) in [5, 5.41) is 3.92. The van der Waals surface area contributed by atoms with Crippen molar-refractivity contribution in [1.29, 1.82) is 0 Å². The minimum atomic E-state index is -1.06. The highest BCUT2D eigenvalue weighted by Crippen LogP contribution is 2.37. The van der Waals surface area contributed by atoms with E-state index in [9.17, 15) is 14.4 Å². The number of H-pyrrole nitrogens is 1. The largest absolute Gasteiger partial charge is 0.395 e. The molecular weight excluding hydrogens is 500 g/mol. The normalized spacial score (nSPS) is 12.3. The van der Waals surface area contributed by atoms with Crippen LogP contribution in [0.1, 0.15) is 70.1 Å². The Labute approximate surface area is 225 Å². The Morgan fingerprint density at radius 2 is 1.84 bits per heavy atom. The van der Waals surface area contributed by atoms with Crippen LogP contribution in [0.25, 0.3) is 10.9 Å². The summed E-state index contributed by atoms with van der Waals surface area (Å²) >= 11 is 0.784. The fourth-order valence-corrected chi connectivity index (χ4v) is 4.95. The van der Waals surface area contributed by atoms with Gasteiger partial charge < -0.3 is 21.8 Å². The van der Waals surface area contributed by atoms with Gasteiger partial charge in [0.25, 0.3) is 11.8 Å².